The Balaban J connectivity index is 2.25. The van der Waals surface area contributed by atoms with Gasteiger partial charge in [-0.05, 0) is 67.4 Å². The van der Waals surface area contributed by atoms with Gasteiger partial charge in [0.2, 0.25) is 0 Å². The van der Waals surface area contributed by atoms with Crippen molar-refractivity contribution in [2.75, 3.05) is 6.26 Å². The van der Waals surface area contributed by atoms with Gasteiger partial charge in [0.25, 0.3) is 0 Å². The molecule has 1 N–H and O–H groups in total. The van der Waals surface area contributed by atoms with Crippen molar-refractivity contribution in [1.82, 2.24) is 9.55 Å². The molecule has 0 aliphatic heterocycles. The van der Waals surface area contributed by atoms with Crippen molar-refractivity contribution < 1.29 is 0 Å². The van der Waals surface area contributed by atoms with Crippen LogP contribution in [0.3, 0.4) is 0 Å². The van der Waals surface area contributed by atoms with Gasteiger partial charge in [0.1, 0.15) is 0 Å². The van der Waals surface area contributed by atoms with E-state index < -0.39 is 0 Å². The topological polar surface area (TPSA) is 20.7 Å². The highest BCUT2D eigenvalue weighted by atomic mass is 32.2. The lowest BCUT2D eigenvalue weighted by Crippen LogP contribution is -1.93. The molecule has 0 unspecified atom stereocenters. The van der Waals surface area contributed by atoms with Gasteiger partial charge in [0, 0.05) is 10.6 Å². The van der Waals surface area contributed by atoms with E-state index in [0.29, 0.717) is 0 Å². The molecular weight excluding hydrogens is 272 g/mol. The van der Waals surface area contributed by atoms with Crippen LogP contribution in [0.5, 0.6) is 0 Å². The van der Waals surface area contributed by atoms with Gasteiger partial charge in [0.15, 0.2) is 4.77 Å². The van der Waals surface area contributed by atoms with Crippen molar-refractivity contribution in [2.45, 2.75) is 11.8 Å². The number of rotatable bonds is 2. The first-order valence-electron chi connectivity index (χ1n) is 6.05. The Morgan fingerprint density at radius 1 is 1.11 bits per heavy atom. The summed E-state index contributed by atoms with van der Waals surface area (Å²) in [6.45, 7) is 2.09. The minimum atomic E-state index is 0.734. The normalized spacial score (nSPS) is 11.1. The van der Waals surface area contributed by atoms with Crippen LogP contribution >= 0.6 is 24.0 Å². The van der Waals surface area contributed by atoms with Gasteiger partial charge in [0.05, 0.1) is 11.0 Å². The van der Waals surface area contributed by atoms with Crippen LogP contribution in [0.4, 0.5) is 0 Å². The summed E-state index contributed by atoms with van der Waals surface area (Å²) in [5, 5.41) is 0. The molecule has 0 saturated carbocycles. The van der Waals surface area contributed by atoms with Crippen LogP contribution in [0.25, 0.3) is 16.7 Å². The molecule has 0 radical (unpaired) electrons. The van der Waals surface area contributed by atoms with Gasteiger partial charge >= 0.3 is 0 Å². The number of H-pyrrole nitrogens is 1. The molecule has 0 aliphatic carbocycles. The monoisotopic (exact) mass is 286 g/mol. The highest BCUT2D eigenvalue weighted by Gasteiger charge is 2.06. The number of aryl methyl sites for hydroxylation is 1. The fraction of sp³-hybridized carbons (Fsp3) is 0.133. The van der Waals surface area contributed by atoms with Gasteiger partial charge in [-0.3, -0.25) is 4.57 Å². The summed E-state index contributed by atoms with van der Waals surface area (Å²) < 4.78 is 2.82. The summed E-state index contributed by atoms with van der Waals surface area (Å²) in [5.41, 5.74) is 4.53. The number of nitrogens with one attached hydrogen (secondary N) is 1. The Labute approximate surface area is 121 Å². The lowest BCUT2D eigenvalue weighted by Gasteiger charge is -2.06. The number of hydrogen-bond donors (Lipinski definition) is 1. The van der Waals surface area contributed by atoms with E-state index in [4.69, 9.17) is 12.2 Å². The predicted octanol–water partition coefficient (Wildman–Crippen LogP) is 4.72. The second kappa shape index (κ2) is 4.87. The summed E-state index contributed by atoms with van der Waals surface area (Å²) in [6.07, 6.45) is 2.08. The van der Waals surface area contributed by atoms with Gasteiger partial charge in [-0.25, -0.2) is 0 Å². The van der Waals surface area contributed by atoms with E-state index in [1.54, 1.807) is 11.8 Å². The molecule has 2 aromatic carbocycles. The lowest BCUT2D eigenvalue weighted by molar-refractivity contribution is 1.06. The van der Waals surface area contributed by atoms with Crippen molar-refractivity contribution >= 4 is 35.0 Å². The summed E-state index contributed by atoms with van der Waals surface area (Å²) in [4.78, 5) is 4.51. The summed E-state index contributed by atoms with van der Waals surface area (Å²) in [5.74, 6) is 0. The van der Waals surface area contributed by atoms with E-state index in [-0.39, 0.29) is 0 Å². The van der Waals surface area contributed by atoms with Crippen molar-refractivity contribution in [3.63, 3.8) is 0 Å². The molecule has 1 aromatic heterocycles. The summed E-state index contributed by atoms with van der Waals surface area (Å²) >= 11 is 7.18. The first-order chi connectivity index (χ1) is 9.19. The smallest absolute Gasteiger partial charge is 0.182 e. The highest BCUT2D eigenvalue weighted by molar-refractivity contribution is 7.98. The van der Waals surface area contributed by atoms with Crippen LogP contribution in [-0.2, 0) is 0 Å². The van der Waals surface area contributed by atoms with Crippen LogP contribution in [0, 0.1) is 11.7 Å². The van der Waals surface area contributed by atoms with Crippen LogP contribution in [0.1, 0.15) is 5.56 Å². The maximum Gasteiger partial charge on any atom is 0.182 e. The SMILES string of the molecule is CSc1ccc(-n2c(=S)[nH]c3ccc(C)cc32)cc1. The average Bonchev–Trinajstić information content (AvgIpc) is 2.74. The van der Waals surface area contributed by atoms with Gasteiger partial charge in [-0.2, -0.15) is 0 Å². The molecule has 0 saturated heterocycles. The van der Waals surface area contributed by atoms with Crippen molar-refractivity contribution in [2.24, 2.45) is 0 Å². The Kier molecular flexibility index (Phi) is 3.21. The summed E-state index contributed by atoms with van der Waals surface area (Å²) in [7, 11) is 0. The van der Waals surface area contributed by atoms with E-state index in [1.165, 1.54) is 10.5 Å². The third-order valence-corrected chi connectivity index (χ3v) is 4.20. The third-order valence-electron chi connectivity index (χ3n) is 3.17. The molecule has 96 valence electrons. The fourth-order valence-electron chi connectivity index (χ4n) is 2.20. The van der Waals surface area contributed by atoms with E-state index >= 15 is 0 Å². The van der Waals surface area contributed by atoms with Crippen LogP contribution in [0.2, 0.25) is 0 Å². The van der Waals surface area contributed by atoms with Crippen LogP contribution in [-0.4, -0.2) is 15.8 Å². The van der Waals surface area contributed by atoms with Crippen molar-refractivity contribution in [3.05, 3.63) is 52.8 Å². The highest BCUT2D eigenvalue weighted by Crippen LogP contribution is 2.23. The zero-order chi connectivity index (χ0) is 13.4. The Morgan fingerprint density at radius 2 is 1.84 bits per heavy atom. The number of imidazole rings is 1. The molecular formula is C15H14N2S2. The van der Waals surface area contributed by atoms with E-state index in [1.807, 2.05) is 0 Å². The number of thioether (sulfide) groups is 1. The second-order valence-corrected chi connectivity index (χ2v) is 5.75. The first-order valence-corrected chi connectivity index (χ1v) is 7.68. The molecule has 3 rings (SSSR count). The molecule has 0 spiro atoms. The molecule has 0 bridgehead atoms. The number of aromatic amines is 1. The standard InChI is InChI=1S/C15H14N2S2/c1-10-3-8-13-14(9-10)17(15(18)16-13)11-4-6-12(19-2)7-5-11/h3-9H,1-2H3,(H,16,18). The maximum absolute atomic E-state index is 5.44. The quantitative estimate of drug-likeness (QED) is 0.543. The fourth-order valence-corrected chi connectivity index (χ4v) is 2.92. The van der Waals surface area contributed by atoms with Crippen molar-refractivity contribution in [3.8, 4) is 5.69 Å². The molecule has 4 heteroatoms. The van der Waals surface area contributed by atoms with E-state index in [0.717, 1.165) is 21.5 Å². The largest absolute Gasteiger partial charge is 0.330 e. The first kappa shape index (κ1) is 12.5. The molecule has 0 fully saturated rings. The number of aromatic nitrogens is 2. The van der Waals surface area contributed by atoms with Crippen molar-refractivity contribution in [1.29, 1.82) is 0 Å². The molecule has 0 aliphatic rings. The molecule has 19 heavy (non-hydrogen) atoms. The van der Waals surface area contributed by atoms with E-state index in [2.05, 4.69) is 65.2 Å². The van der Waals surface area contributed by atoms with E-state index in [9.17, 15) is 0 Å². The molecule has 1 heterocycles. The minimum Gasteiger partial charge on any atom is -0.330 e. The van der Waals surface area contributed by atoms with Gasteiger partial charge in [-0.1, -0.05) is 6.07 Å². The van der Waals surface area contributed by atoms with Crippen LogP contribution < -0.4 is 0 Å². The number of fused-ring (bicyclic) bond motifs is 1. The molecule has 0 amide bonds. The molecule has 0 atom stereocenters. The van der Waals surface area contributed by atoms with Gasteiger partial charge in [-0.15, -0.1) is 11.8 Å². The van der Waals surface area contributed by atoms with Crippen LogP contribution in [0.15, 0.2) is 47.4 Å². The summed E-state index contributed by atoms with van der Waals surface area (Å²) in [6, 6.07) is 14.8. The maximum atomic E-state index is 5.44. The number of hydrogen-bond acceptors (Lipinski definition) is 2. The predicted molar refractivity (Wildman–Crippen MR) is 85.0 cm³/mol. The number of benzene rings is 2. The van der Waals surface area contributed by atoms with Gasteiger partial charge < -0.3 is 4.98 Å². The zero-order valence-electron chi connectivity index (χ0n) is 10.8. The third kappa shape index (κ3) is 2.22. The Bertz CT molecular complexity index is 782. The zero-order valence-corrected chi connectivity index (χ0v) is 12.4. The average molecular weight is 286 g/mol. The Hall–Kier alpha value is -1.52. The second-order valence-electron chi connectivity index (χ2n) is 4.48. The molecule has 2 nitrogen and oxygen atoms in total. The number of nitrogens with zero attached hydrogens (tertiary/aromatic N) is 1. The lowest BCUT2D eigenvalue weighted by atomic mass is 10.2. The minimum absolute atomic E-state index is 0.734. The Morgan fingerprint density at radius 3 is 2.53 bits per heavy atom. The molecule has 3 aromatic rings.